The lowest BCUT2D eigenvalue weighted by Gasteiger charge is -2.30. The van der Waals surface area contributed by atoms with Crippen molar-refractivity contribution < 1.29 is 23.8 Å². The molecular weight excluding hydrogens is 332 g/mol. The largest absolute Gasteiger partial charge is 0.482 e. The van der Waals surface area contributed by atoms with Gasteiger partial charge in [-0.1, -0.05) is 18.2 Å². The summed E-state index contributed by atoms with van der Waals surface area (Å²) in [7, 11) is 2.60. The number of benzene rings is 1. The number of allylic oxidation sites excluding steroid dienone is 1. The first-order chi connectivity index (χ1) is 11.5. The lowest BCUT2D eigenvalue weighted by Crippen LogP contribution is -2.45. The molecule has 0 spiro atoms. The van der Waals surface area contributed by atoms with E-state index in [-0.39, 0.29) is 6.61 Å². The van der Waals surface area contributed by atoms with Crippen molar-refractivity contribution in [3.8, 4) is 5.75 Å². The van der Waals surface area contributed by atoms with E-state index in [1.54, 1.807) is 31.2 Å². The van der Waals surface area contributed by atoms with E-state index in [0.29, 0.717) is 27.7 Å². The Morgan fingerprint density at radius 3 is 2.58 bits per heavy atom. The van der Waals surface area contributed by atoms with Crippen LogP contribution in [0.3, 0.4) is 0 Å². The van der Waals surface area contributed by atoms with Crippen molar-refractivity contribution in [1.29, 1.82) is 0 Å². The molecule has 0 aromatic heterocycles. The molecule has 1 heterocycles. The third kappa shape index (κ3) is 3.83. The molecule has 24 heavy (non-hydrogen) atoms. The van der Waals surface area contributed by atoms with Crippen LogP contribution in [-0.4, -0.2) is 37.9 Å². The summed E-state index contributed by atoms with van der Waals surface area (Å²) >= 11 is 5.18. The van der Waals surface area contributed by atoms with Gasteiger partial charge < -0.3 is 24.8 Å². The van der Waals surface area contributed by atoms with Crippen LogP contribution in [0.4, 0.5) is 0 Å². The minimum Gasteiger partial charge on any atom is -0.482 e. The Bertz CT molecular complexity index is 701. The van der Waals surface area contributed by atoms with E-state index in [4.69, 9.17) is 21.7 Å². The molecule has 0 bridgehead atoms. The summed E-state index contributed by atoms with van der Waals surface area (Å²) in [5.41, 5.74) is 1.64. The maximum atomic E-state index is 12.2. The van der Waals surface area contributed by atoms with Crippen LogP contribution < -0.4 is 15.4 Å². The zero-order chi connectivity index (χ0) is 17.7. The highest BCUT2D eigenvalue weighted by atomic mass is 32.1. The van der Waals surface area contributed by atoms with Gasteiger partial charge in [0.1, 0.15) is 5.75 Å². The highest BCUT2D eigenvalue weighted by Crippen LogP contribution is 2.33. The topological polar surface area (TPSA) is 85.9 Å². The van der Waals surface area contributed by atoms with E-state index in [9.17, 15) is 9.59 Å². The van der Waals surface area contributed by atoms with Gasteiger partial charge in [0, 0.05) is 11.3 Å². The summed E-state index contributed by atoms with van der Waals surface area (Å²) in [4.78, 5) is 23.5. The smallest absolute Gasteiger partial charge is 0.343 e. The SMILES string of the molecule is COC(=O)COc1ccccc1[C@@H]1NC(=S)NC(C)=C1C(=O)OC. The molecule has 1 atom stereocenters. The predicted molar refractivity (Wildman–Crippen MR) is 90.3 cm³/mol. The normalized spacial score (nSPS) is 16.8. The number of methoxy groups -OCH3 is 2. The van der Waals surface area contributed by atoms with Gasteiger partial charge in [-0.25, -0.2) is 9.59 Å². The van der Waals surface area contributed by atoms with Gasteiger partial charge in [0.05, 0.1) is 25.8 Å². The molecule has 0 fully saturated rings. The molecule has 0 aliphatic carbocycles. The molecule has 0 radical (unpaired) electrons. The summed E-state index contributed by atoms with van der Waals surface area (Å²) in [6.07, 6.45) is 0. The fourth-order valence-corrected chi connectivity index (χ4v) is 2.62. The number of esters is 2. The Morgan fingerprint density at radius 2 is 1.92 bits per heavy atom. The lowest BCUT2D eigenvalue weighted by molar-refractivity contribution is -0.143. The first-order valence-corrected chi connectivity index (χ1v) is 7.54. The molecule has 7 nitrogen and oxygen atoms in total. The van der Waals surface area contributed by atoms with Crippen molar-refractivity contribution >= 4 is 29.3 Å². The molecule has 1 aromatic carbocycles. The number of nitrogens with one attached hydrogen (secondary N) is 2. The van der Waals surface area contributed by atoms with Gasteiger partial charge in [-0.3, -0.25) is 0 Å². The molecule has 0 saturated heterocycles. The maximum absolute atomic E-state index is 12.2. The highest BCUT2D eigenvalue weighted by Gasteiger charge is 2.32. The van der Waals surface area contributed by atoms with Crippen LogP contribution in [0.1, 0.15) is 18.5 Å². The molecular formula is C16H18N2O5S. The van der Waals surface area contributed by atoms with Gasteiger partial charge in [-0.15, -0.1) is 0 Å². The van der Waals surface area contributed by atoms with Crippen molar-refractivity contribution in [3.05, 3.63) is 41.1 Å². The van der Waals surface area contributed by atoms with Gasteiger partial charge in [0.2, 0.25) is 0 Å². The Hall–Kier alpha value is -2.61. The zero-order valence-corrected chi connectivity index (χ0v) is 14.4. The third-order valence-corrected chi connectivity index (χ3v) is 3.70. The maximum Gasteiger partial charge on any atom is 0.343 e. The third-order valence-electron chi connectivity index (χ3n) is 3.48. The lowest BCUT2D eigenvalue weighted by atomic mass is 9.95. The first-order valence-electron chi connectivity index (χ1n) is 7.13. The quantitative estimate of drug-likeness (QED) is 0.605. The average molecular weight is 350 g/mol. The van der Waals surface area contributed by atoms with Crippen LogP contribution in [0.25, 0.3) is 0 Å². The Morgan fingerprint density at radius 1 is 1.21 bits per heavy atom. The summed E-state index contributed by atoms with van der Waals surface area (Å²) in [6.45, 7) is 1.50. The number of rotatable bonds is 5. The Balaban J connectivity index is 2.41. The number of thiocarbonyl (C=S) groups is 1. The van der Waals surface area contributed by atoms with Crippen LogP contribution in [0.2, 0.25) is 0 Å². The first kappa shape index (κ1) is 17.7. The average Bonchev–Trinajstić information content (AvgIpc) is 2.58. The fraction of sp³-hybridized carbons (Fsp3) is 0.312. The molecule has 128 valence electrons. The number of para-hydroxylation sites is 1. The number of ether oxygens (including phenoxy) is 3. The van der Waals surface area contributed by atoms with Crippen molar-refractivity contribution in [1.82, 2.24) is 10.6 Å². The molecule has 8 heteroatoms. The Labute approximate surface area is 145 Å². The van der Waals surface area contributed by atoms with Gasteiger partial charge in [0.25, 0.3) is 0 Å². The monoisotopic (exact) mass is 350 g/mol. The van der Waals surface area contributed by atoms with Gasteiger partial charge in [0.15, 0.2) is 11.7 Å². The minimum absolute atomic E-state index is 0.237. The molecule has 2 N–H and O–H groups in total. The van der Waals surface area contributed by atoms with Crippen molar-refractivity contribution in [3.63, 3.8) is 0 Å². The van der Waals surface area contributed by atoms with E-state index in [1.165, 1.54) is 14.2 Å². The second kappa shape index (κ2) is 7.78. The van der Waals surface area contributed by atoms with Crippen LogP contribution in [0.15, 0.2) is 35.5 Å². The number of hydrogen-bond acceptors (Lipinski definition) is 6. The summed E-state index contributed by atoms with van der Waals surface area (Å²) in [5.74, 6) is -0.541. The number of hydrogen-bond donors (Lipinski definition) is 2. The van der Waals surface area contributed by atoms with Crippen LogP contribution in [0, 0.1) is 0 Å². The Kier molecular flexibility index (Phi) is 5.75. The predicted octanol–water partition coefficient (Wildman–Crippen LogP) is 1.20. The van der Waals surface area contributed by atoms with E-state index in [1.807, 2.05) is 0 Å². The highest BCUT2D eigenvalue weighted by molar-refractivity contribution is 7.80. The second-order valence-electron chi connectivity index (χ2n) is 4.96. The summed E-state index contributed by atoms with van der Waals surface area (Å²) in [6, 6.07) is 6.50. The van der Waals surface area contributed by atoms with E-state index in [2.05, 4.69) is 15.4 Å². The number of carbonyl (C=O) groups excluding carboxylic acids is 2. The van der Waals surface area contributed by atoms with Gasteiger partial charge >= 0.3 is 11.9 Å². The molecule has 0 unspecified atom stereocenters. The molecule has 0 amide bonds. The molecule has 1 aromatic rings. The molecule has 2 rings (SSSR count). The van der Waals surface area contributed by atoms with Crippen LogP contribution >= 0.6 is 12.2 Å². The summed E-state index contributed by atoms with van der Waals surface area (Å²) in [5, 5.41) is 6.33. The van der Waals surface area contributed by atoms with Crippen molar-refractivity contribution in [2.45, 2.75) is 13.0 Å². The van der Waals surface area contributed by atoms with Crippen molar-refractivity contribution in [2.24, 2.45) is 0 Å². The van der Waals surface area contributed by atoms with E-state index >= 15 is 0 Å². The fourth-order valence-electron chi connectivity index (χ4n) is 2.35. The second-order valence-corrected chi connectivity index (χ2v) is 5.37. The van der Waals surface area contributed by atoms with E-state index < -0.39 is 18.0 Å². The molecule has 1 aliphatic rings. The molecule has 1 aliphatic heterocycles. The molecule has 0 saturated carbocycles. The zero-order valence-electron chi connectivity index (χ0n) is 13.5. The summed E-state index contributed by atoms with van der Waals surface area (Å²) < 4.78 is 15.0. The number of carbonyl (C=O) groups is 2. The minimum atomic E-state index is -0.556. The van der Waals surface area contributed by atoms with Crippen LogP contribution in [-0.2, 0) is 19.1 Å². The van der Waals surface area contributed by atoms with Gasteiger partial charge in [-0.2, -0.15) is 0 Å². The van der Waals surface area contributed by atoms with Crippen LogP contribution in [0.5, 0.6) is 5.75 Å². The van der Waals surface area contributed by atoms with E-state index in [0.717, 1.165) is 0 Å². The van der Waals surface area contributed by atoms with Gasteiger partial charge in [-0.05, 0) is 25.2 Å². The standard InChI is InChI=1S/C16H18N2O5S/c1-9-13(15(20)22-3)14(18-16(24)17-9)10-6-4-5-7-11(10)23-8-12(19)21-2/h4-7,14H,8H2,1-3H3,(H2,17,18,24)/t14-/m0/s1. The van der Waals surface area contributed by atoms with Crippen molar-refractivity contribution in [2.75, 3.05) is 20.8 Å².